The first kappa shape index (κ1) is 18.7. The fraction of sp³-hybridized carbons (Fsp3) is 0.0741. The SMILES string of the molecule is Cc1ccccc1[C@@]1(c2ccccc2)SC(c2ccccc2)=NN1c1ccccc1. The molecule has 0 spiro atoms. The third-order valence-electron chi connectivity index (χ3n) is 5.43. The van der Waals surface area contributed by atoms with E-state index in [4.69, 9.17) is 5.10 Å². The van der Waals surface area contributed by atoms with Gasteiger partial charge in [-0.15, -0.1) is 0 Å². The lowest BCUT2D eigenvalue weighted by atomic mass is 9.93. The van der Waals surface area contributed by atoms with Gasteiger partial charge in [-0.3, -0.25) is 0 Å². The molecule has 4 aromatic rings. The fourth-order valence-corrected chi connectivity index (χ4v) is 5.48. The predicted molar refractivity (Wildman–Crippen MR) is 128 cm³/mol. The topological polar surface area (TPSA) is 15.6 Å². The van der Waals surface area contributed by atoms with Crippen LogP contribution >= 0.6 is 11.8 Å². The molecular formula is C27H22N2S. The maximum Gasteiger partial charge on any atom is 0.165 e. The first-order valence-corrected chi connectivity index (χ1v) is 10.9. The number of rotatable bonds is 4. The Balaban J connectivity index is 1.79. The average Bonchev–Trinajstić information content (AvgIpc) is 3.23. The molecule has 3 heteroatoms. The molecule has 0 aliphatic carbocycles. The van der Waals surface area contributed by atoms with E-state index in [0.29, 0.717) is 0 Å². The van der Waals surface area contributed by atoms with E-state index in [1.807, 2.05) is 23.9 Å². The highest BCUT2D eigenvalue weighted by Gasteiger charge is 2.48. The normalized spacial score (nSPS) is 18.3. The third kappa shape index (κ3) is 3.12. The minimum Gasteiger partial charge on any atom is -0.239 e. The van der Waals surface area contributed by atoms with Crippen molar-refractivity contribution in [3.05, 3.63) is 138 Å². The van der Waals surface area contributed by atoms with Gasteiger partial charge in [0, 0.05) is 5.56 Å². The highest BCUT2D eigenvalue weighted by Crippen LogP contribution is 2.54. The maximum absolute atomic E-state index is 5.19. The fourth-order valence-electron chi connectivity index (χ4n) is 3.99. The molecule has 0 radical (unpaired) electrons. The monoisotopic (exact) mass is 406 g/mol. The second-order valence-electron chi connectivity index (χ2n) is 7.35. The van der Waals surface area contributed by atoms with Crippen molar-refractivity contribution in [3.63, 3.8) is 0 Å². The molecule has 5 rings (SSSR count). The molecule has 0 saturated heterocycles. The van der Waals surface area contributed by atoms with Gasteiger partial charge in [0.1, 0.15) is 5.04 Å². The van der Waals surface area contributed by atoms with E-state index >= 15 is 0 Å². The lowest BCUT2D eigenvalue weighted by Crippen LogP contribution is -2.39. The Hall–Kier alpha value is -3.30. The van der Waals surface area contributed by atoms with Crippen LogP contribution in [-0.2, 0) is 4.87 Å². The van der Waals surface area contributed by atoms with E-state index in [0.717, 1.165) is 16.3 Å². The molecular weight excluding hydrogens is 384 g/mol. The summed E-state index contributed by atoms with van der Waals surface area (Å²) in [4.78, 5) is -0.487. The van der Waals surface area contributed by atoms with Crippen LogP contribution in [0.3, 0.4) is 0 Å². The summed E-state index contributed by atoms with van der Waals surface area (Å²) >= 11 is 1.81. The molecule has 2 nitrogen and oxygen atoms in total. The molecule has 1 heterocycles. The minimum absolute atomic E-state index is 0.487. The van der Waals surface area contributed by atoms with Crippen molar-refractivity contribution in [2.24, 2.45) is 5.10 Å². The van der Waals surface area contributed by atoms with E-state index in [1.165, 1.54) is 16.7 Å². The second-order valence-corrected chi connectivity index (χ2v) is 8.53. The number of nitrogens with zero attached hydrogens (tertiary/aromatic N) is 2. The van der Waals surface area contributed by atoms with Crippen molar-refractivity contribution in [3.8, 4) is 0 Å². The Morgan fingerprint density at radius 3 is 1.90 bits per heavy atom. The van der Waals surface area contributed by atoms with E-state index in [2.05, 4.69) is 115 Å². The summed E-state index contributed by atoms with van der Waals surface area (Å²) in [5.74, 6) is 0. The van der Waals surface area contributed by atoms with Crippen molar-refractivity contribution in [2.45, 2.75) is 11.8 Å². The first-order chi connectivity index (χ1) is 14.8. The smallest absolute Gasteiger partial charge is 0.165 e. The van der Waals surface area contributed by atoms with E-state index in [-0.39, 0.29) is 0 Å². The van der Waals surface area contributed by atoms with Crippen molar-refractivity contribution < 1.29 is 0 Å². The molecule has 0 amide bonds. The Kier molecular flexibility index (Phi) is 4.89. The van der Waals surface area contributed by atoms with Gasteiger partial charge >= 0.3 is 0 Å². The number of para-hydroxylation sites is 1. The van der Waals surface area contributed by atoms with Gasteiger partial charge in [0.15, 0.2) is 4.87 Å². The molecule has 30 heavy (non-hydrogen) atoms. The van der Waals surface area contributed by atoms with Crippen molar-refractivity contribution in [1.82, 2.24) is 0 Å². The average molecular weight is 407 g/mol. The molecule has 0 aromatic heterocycles. The number of anilines is 1. The van der Waals surface area contributed by atoms with Gasteiger partial charge in [-0.1, -0.05) is 115 Å². The molecule has 1 aliphatic heterocycles. The Morgan fingerprint density at radius 2 is 1.23 bits per heavy atom. The highest BCUT2D eigenvalue weighted by molar-refractivity contribution is 8.15. The van der Waals surface area contributed by atoms with E-state index in [1.54, 1.807) is 0 Å². The van der Waals surface area contributed by atoms with E-state index < -0.39 is 4.87 Å². The Bertz CT molecular complexity index is 1170. The summed E-state index contributed by atoms with van der Waals surface area (Å²) in [5.41, 5.74) is 5.92. The number of benzene rings is 4. The molecule has 1 atom stereocenters. The van der Waals surface area contributed by atoms with Crippen LogP contribution in [-0.4, -0.2) is 5.04 Å². The number of hydrogen-bond donors (Lipinski definition) is 0. The zero-order valence-corrected chi connectivity index (χ0v) is 17.6. The van der Waals surface area contributed by atoms with Gasteiger partial charge in [0.25, 0.3) is 0 Å². The molecule has 146 valence electrons. The van der Waals surface area contributed by atoms with Crippen LogP contribution in [0.1, 0.15) is 22.3 Å². The largest absolute Gasteiger partial charge is 0.239 e. The van der Waals surface area contributed by atoms with Gasteiger partial charge in [-0.2, -0.15) is 5.10 Å². The summed E-state index contributed by atoms with van der Waals surface area (Å²) in [6, 6.07) is 40.3. The second kappa shape index (κ2) is 7.85. The molecule has 0 unspecified atom stereocenters. The zero-order chi connectivity index (χ0) is 20.4. The van der Waals surface area contributed by atoms with Crippen LogP contribution in [0.25, 0.3) is 0 Å². The summed E-state index contributed by atoms with van der Waals surface area (Å²) in [5, 5.41) is 8.40. The quantitative estimate of drug-likeness (QED) is 0.370. The van der Waals surface area contributed by atoms with Crippen LogP contribution in [0.15, 0.2) is 120 Å². The summed E-state index contributed by atoms with van der Waals surface area (Å²) in [6.45, 7) is 2.18. The molecule has 4 aromatic carbocycles. The molecule has 0 N–H and O–H groups in total. The standard InChI is InChI=1S/C27H22N2S/c1-21-13-11-12-20-25(21)27(23-16-7-3-8-17-23)29(24-18-9-4-10-19-24)28-26(30-27)22-14-5-2-6-15-22/h2-20H,1H3/t27-/m1/s1. The van der Waals surface area contributed by atoms with Crippen LogP contribution in [0.2, 0.25) is 0 Å². The van der Waals surface area contributed by atoms with Crippen LogP contribution < -0.4 is 5.01 Å². The van der Waals surface area contributed by atoms with Crippen LogP contribution in [0.5, 0.6) is 0 Å². The Labute approximate surface area is 181 Å². The minimum atomic E-state index is -0.487. The predicted octanol–water partition coefficient (Wildman–Crippen LogP) is 6.81. The first-order valence-electron chi connectivity index (χ1n) is 10.1. The Morgan fingerprint density at radius 1 is 0.667 bits per heavy atom. The zero-order valence-electron chi connectivity index (χ0n) is 16.8. The van der Waals surface area contributed by atoms with Crippen molar-refractivity contribution in [1.29, 1.82) is 0 Å². The summed E-state index contributed by atoms with van der Waals surface area (Å²) in [7, 11) is 0. The number of aryl methyl sites for hydroxylation is 1. The van der Waals surface area contributed by atoms with Gasteiger partial charge in [0.2, 0.25) is 0 Å². The molecule has 0 fully saturated rings. The molecule has 1 aliphatic rings. The molecule has 0 bridgehead atoms. The van der Waals surface area contributed by atoms with Gasteiger partial charge in [-0.05, 0) is 35.7 Å². The maximum atomic E-state index is 5.19. The van der Waals surface area contributed by atoms with Crippen LogP contribution in [0.4, 0.5) is 5.69 Å². The third-order valence-corrected chi connectivity index (χ3v) is 6.86. The lowest BCUT2D eigenvalue weighted by Gasteiger charge is -2.38. The number of thioether (sulfide) groups is 1. The van der Waals surface area contributed by atoms with Crippen molar-refractivity contribution >= 4 is 22.5 Å². The van der Waals surface area contributed by atoms with Crippen molar-refractivity contribution in [2.75, 3.05) is 5.01 Å². The number of hydrazone groups is 1. The van der Waals surface area contributed by atoms with E-state index in [9.17, 15) is 0 Å². The van der Waals surface area contributed by atoms with Gasteiger partial charge in [-0.25, -0.2) is 5.01 Å². The summed E-state index contributed by atoms with van der Waals surface area (Å²) in [6.07, 6.45) is 0. The molecule has 0 saturated carbocycles. The highest BCUT2D eigenvalue weighted by atomic mass is 32.2. The lowest BCUT2D eigenvalue weighted by molar-refractivity contribution is 0.689. The van der Waals surface area contributed by atoms with Crippen LogP contribution in [0, 0.1) is 6.92 Å². The number of hydrogen-bond acceptors (Lipinski definition) is 3. The summed E-state index contributed by atoms with van der Waals surface area (Å²) < 4.78 is 0. The van der Waals surface area contributed by atoms with Gasteiger partial charge in [0.05, 0.1) is 5.69 Å². The van der Waals surface area contributed by atoms with Gasteiger partial charge < -0.3 is 0 Å².